The van der Waals surface area contributed by atoms with Crippen LogP contribution in [0, 0.1) is 0 Å². The number of benzene rings is 1. The minimum absolute atomic E-state index is 1.21. The number of hydrogen-bond acceptors (Lipinski definition) is 1. The van der Waals surface area contributed by atoms with Crippen molar-refractivity contribution in [2.75, 3.05) is 6.26 Å². The second-order valence-corrected chi connectivity index (χ2v) is 9.11. The molecule has 0 aliphatic heterocycles. The fourth-order valence-electron chi connectivity index (χ4n) is 4.22. The van der Waals surface area contributed by atoms with Crippen LogP contribution in [0.3, 0.4) is 0 Å². The molecule has 2 rings (SSSR count). The number of pyridine rings is 1. The molecule has 0 amide bonds. The summed E-state index contributed by atoms with van der Waals surface area (Å²) in [4.78, 5) is 0. The van der Waals surface area contributed by atoms with Crippen LogP contribution in [0.5, 0.6) is 0 Å². The van der Waals surface area contributed by atoms with Gasteiger partial charge in [0.1, 0.15) is 7.05 Å². The molecule has 0 aliphatic carbocycles. The van der Waals surface area contributed by atoms with Gasteiger partial charge in [-0.2, -0.15) is 4.57 Å². The minimum atomic E-state index is 1.21. The third kappa shape index (κ3) is 7.78. The number of para-hydroxylation sites is 1. The lowest BCUT2D eigenvalue weighted by Gasteiger charge is -2.08. The summed E-state index contributed by atoms with van der Waals surface area (Å²) < 4.78 is 2.33. The van der Waals surface area contributed by atoms with E-state index < -0.39 is 0 Å². The normalized spacial score (nSPS) is 11.4. The molecule has 2 heteroatoms. The third-order valence-corrected chi connectivity index (χ3v) is 6.81. The molecular weight excluding hydrogens is 358 g/mol. The first-order valence-electron chi connectivity index (χ1n) is 11.7. The SMILES string of the molecule is CCCCCCCCCCCCCCCc1cc(SC)[n+](C)c2ccccc12. The van der Waals surface area contributed by atoms with E-state index in [1.54, 1.807) is 0 Å². The Balaban J connectivity index is 1.61. The van der Waals surface area contributed by atoms with Gasteiger partial charge in [-0.15, -0.1) is 0 Å². The first-order valence-corrected chi connectivity index (χ1v) is 12.9. The van der Waals surface area contributed by atoms with Crippen molar-refractivity contribution in [2.45, 2.75) is 102 Å². The van der Waals surface area contributed by atoms with Gasteiger partial charge in [0.05, 0.1) is 0 Å². The van der Waals surface area contributed by atoms with Crippen molar-refractivity contribution >= 4 is 22.7 Å². The summed E-state index contributed by atoms with van der Waals surface area (Å²) >= 11 is 1.85. The van der Waals surface area contributed by atoms with Gasteiger partial charge in [0.15, 0.2) is 0 Å². The average molecular weight is 401 g/mol. The molecule has 0 aliphatic rings. The molecule has 0 atom stereocenters. The number of thioether (sulfide) groups is 1. The van der Waals surface area contributed by atoms with Crippen molar-refractivity contribution in [2.24, 2.45) is 7.05 Å². The average Bonchev–Trinajstić information content (AvgIpc) is 2.73. The lowest BCUT2D eigenvalue weighted by atomic mass is 10.0. The smallest absolute Gasteiger partial charge is 0.189 e. The Kier molecular flexibility index (Phi) is 11.7. The Morgan fingerprint density at radius 1 is 0.750 bits per heavy atom. The van der Waals surface area contributed by atoms with E-state index in [1.165, 1.54) is 111 Å². The molecule has 0 radical (unpaired) electrons. The van der Waals surface area contributed by atoms with Gasteiger partial charge in [0.2, 0.25) is 10.5 Å². The Hall–Kier alpha value is -1.02. The topological polar surface area (TPSA) is 3.88 Å². The van der Waals surface area contributed by atoms with Crippen molar-refractivity contribution < 1.29 is 4.57 Å². The zero-order chi connectivity index (χ0) is 20.0. The molecule has 0 N–H and O–H groups in total. The van der Waals surface area contributed by atoms with Crippen LogP contribution in [0.25, 0.3) is 10.9 Å². The van der Waals surface area contributed by atoms with E-state index >= 15 is 0 Å². The summed E-state index contributed by atoms with van der Waals surface area (Å²) in [5.74, 6) is 0. The van der Waals surface area contributed by atoms with Crippen LogP contribution in [0.4, 0.5) is 0 Å². The zero-order valence-corrected chi connectivity index (χ0v) is 19.5. The van der Waals surface area contributed by atoms with E-state index in [9.17, 15) is 0 Å². The van der Waals surface area contributed by atoms with Gasteiger partial charge >= 0.3 is 0 Å². The van der Waals surface area contributed by atoms with Gasteiger partial charge in [-0.1, -0.05) is 108 Å². The standard InChI is InChI=1S/C26H42NS/c1-4-5-6-7-8-9-10-11-12-13-14-15-16-19-23-22-26(28-3)27(2)25-21-18-17-20-24(23)25/h17-18,20-22H,4-16,19H2,1-3H3/q+1. The van der Waals surface area contributed by atoms with Gasteiger partial charge in [0, 0.05) is 17.5 Å². The molecule has 156 valence electrons. The number of aryl methyl sites for hydroxylation is 2. The highest BCUT2D eigenvalue weighted by Crippen LogP contribution is 2.23. The number of fused-ring (bicyclic) bond motifs is 1. The van der Waals surface area contributed by atoms with Crippen molar-refractivity contribution in [3.8, 4) is 0 Å². The van der Waals surface area contributed by atoms with Crippen LogP contribution in [0.15, 0.2) is 35.4 Å². The lowest BCUT2D eigenvalue weighted by Crippen LogP contribution is -2.32. The Morgan fingerprint density at radius 3 is 1.86 bits per heavy atom. The van der Waals surface area contributed by atoms with Gasteiger partial charge in [-0.05, 0) is 30.7 Å². The summed E-state index contributed by atoms with van der Waals surface area (Å²) in [5.41, 5.74) is 2.89. The van der Waals surface area contributed by atoms with Crippen LogP contribution < -0.4 is 4.57 Å². The van der Waals surface area contributed by atoms with Gasteiger partial charge < -0.3 is 0 Å². The molecule has 0 unspecified atom stereocenters. The molecule has 2 aromatic rings. The quantitative estimate of drug-likeness (QED) is 0.166. The molecule has 1 heterocycles. The maximum absolute atomic E-state index is 2.41. The second kappa shape index (κ2) is 14.0. The molecule has 0 saturated heterocycles. The Labute approximate surface area is 178 Å². The number of aromatic nitrogens is 1. The van der Waals surface area contributed by atoms with E-state index in [4.69, 9.17) is 0 Å². The summed E-state index contributed by atoms with van der Waals surface area (Å²) in [6, 6.07) is 11.3. The van der Waals surface area contributed by atoms with Crippen LogP contribution in [0.2, 0.25) is 0 Å². The predicted molar refractivity (Wildman–Crippen MR) is 126 cm³/mol. The number of unbranched alkanes of at least 4 members (excludes halogenated alkanes) is 12. The molecule has 0 bridgehead atoms. The first-order chi connectivity index (χ1) is 13.8. The van der Waals surface area contributed by atoms with E-state index in [0.29, 0.717) is 0 Å². The fourth-order valence-corrected chi connectivity index (χ4v) is 4.85. The van der Waals surface area contributed by atoms with Crippen molar-refractivity contribution in [3.05, 3.63) is 35.9 Å². The molecular formula is C26H42NS+. The highest BCUT2D eigenvalue weighted by molar-refractivity contribution is 7.98. The summed E-state index contributed by atoms with van der Waals surface area (Å²) in [6.07, 6.45) is 21.9. The first kappa shape index (κ1) is 23.3. The molecule has 0 fully saturated rings. The third-order valence-electron chi connectivity index (χ3n) is 6.00. The van der Waals surface area contributed by atoms with Crippen molar-refractivity contribution in [3.63, 3.8) is 0 Å². The molecule has 0 spiro atoms. The Bertz CT molecular complexity index is 679. The highest BCUT2D eigenvalue weighted by atomic mass is 32.2. The largest absolute Gasteiger partial charge is 0.240 e. The summed E-state index contributed by atoms with van der Waals surface area (Å²) in [5, 5.41) is 2.80. The molecule has 0 saturated carbocycles. The Morgan fingerprint density at radius 2 is 1.29 bits per heavy atom. The summed E-state index contributed by atoms with van der Waals surface area (Å²) in [6.45, 7) is 2.30. The van der Waals surface area contributed by atoms with Gasteiger partial charge in [-0.25, -0.2) is 0 Å². The fraction of sp³-hybridized carbons (Fsp3) is 0.654. The van der Waals surface area contributed by atoms with E-state index in [0.717, 1.165) is 0 Å². The van der Waals surface area contributed by atoms with Crippen molar-refractivity contribution in [1.29, 1.82) is 0 Å². The van der Waals surface area contributed by atoms with Crippen LogP contribution in [-0.4, -0.2) is 6.26 Å². The maximum atomic E-state index is 2.41. The van der Waals surface area contributed by atoms with Crippen LogP contribution in [0.1, 0.15) is 96.0 Å². The second-order valence-electron chi connectivity index (χ2n) is 8.28. The summed E-state index contributed by atoms with van der Waals surface area (Å²) in [7, 11) is 2.18. The van der Waals surface area contributed by atoms with E-state index in [1.807, 2.05) is 11.8 Å². The van der Waals surface area contributed by atoms with Crippen LogP contribution in [-0.2, 0) is 13.5 Å². The predicted octanol–water partition coefficient (Wildman–Crippen LogP) is 8.02. The van der Waals surface area contributed by atoms with E-state index in [2.05, 4.69) is 55.1 Å². The molecule has 1 aromatic carbocycles. The maximum Gasteiger partial charge on any atom is 0.240 e. The minimum Gasteiger partial charge on any atom is -0.189 e. The molecule has 1 nitrogen and oxygen atoms in total. The number of hydrogen-bond donors (Lipinski definition) is 0. The number of rotatable bonds is 15. The molecule has 28 heavy (non-hydrogen) atoms. The van der Waals surface area contributed by atoms with Gasteiger partial charge in [-0.3, -0.25) is 0 Å². The monoisotopic (exact) mass is 400 g/mol. The number of nitrogens with zero attached hydrogens (tertiary/aromatic N) is 1. The zero-order valence-electron chi connectivity index (χ0n) is 18.6. The molecule has 1 aromatic heterocycles. The highest BCUT2D eigenvalue weighted by Gasteiger charge is 2.14. The lowest BCUT2D eigenvalue weighted by molar-refractivity contribution is -0.683. The van der Waals surface area contributed by atoms with Gasteiger partial charge in [0.25, 0.3) is 0 Å². The van der Waals surface area contributed by atoms with Crippen LogP contribution >= 0.6 is 11.8 Å². The van der Waals surface area contributed by atoms with Crippen molar-refractivity contribution in [1.82, 2.24) is 0 Å². The van der Waals surface area contributed by atoms with E-state index in [-0.39, 0.29) is 0 Å².